The van der Waals surface area contributed by atoms with Crippen molar-refractivity contribution in [2.75, 3.05) is 39.3 Å². The number of carbonyl (C=O) groups is 6. The van der Waals surface area contributed by atoms with Crippen molar-refractivity contribution >= 4 is 57.4 Å². The van der Waals surface area contributed by atoms with Crippen LogP contribution >= 0.6 is 0 Å². The van der Waals surface area contributed by atoms with E-state index in [9.17, 15) is 54.3 Å². The van der Waals surface area contributed by atoms with E-state index in [1.807, 2.05) is 59.5 Å². The molecule has 2 heterocycles. The van der Waals surface area contributed by atoms with Crippen LogP contribution in [0, 0.1) is 0 Å². The van der Waals surface area contributed by atoms with E-state index in [0.29, 0.717) is 30.9 Å². The lowest BCUT2D eigenvalue weighted by Gasteiger charge is -2.43. The van der Waals surface area contributed by atoms with E-state index in [1.54, 1.807) is 16.0 Å². The number of Topliss-reactive ketones (excluding diaryl/α,β-unsaturated/α-hetero) is 1. The summed E-state index contributed by atoms with van der Waals surface area (Å²) in [5, 5.41) is 48.9. The number of rotatable bonds is 20. The number of para-hydroxylation sites is 2. The van der Waals surface area contributed by atoms with Gasteiger partial charge in [0.05, 0.1) is 62.5 Å². The van der Waals surface area contributed by atoms with Crippen molar-refractivity contribution in [1.29, 1.82) is 0 Å². The molecule has 0 amide bonds. The maximum absolute atomic E-state index is 11.8. The number of fused-ring (bicyclic) bond motifs is 2. The van der Waals surface area contributed by atoms with Crippen LogP contribution in [0.25, 0.3) is 21.8 Å². The van der Waals surface area contributed by atoms with Crippen LogP contribution in [-0.2, 0) is 41.9 Å². The first kappa shape index (κ1) is 48.8. The number of pyridine rings is 1. The molecule has 0 bridgehead atoms. The second-order valence-electron chi connectivity index (χ2n) is 15.9. The van der Waals surface area contributed by atoms with Crippen molar-refractivity contribution in [2.45, 2.75) is 103 Å². The van der Waals surface area contributed by atoms with Crippen LogP contribution in [0.2, 0.25) is 0 Å². The van der Waals surface area contributed by atoms with Gasteiger partial charge < -0.3 is 30.5 Å². The Balaban J connectivity index is 0.000000268. The molecular formula is C44H59N7O11. The summed E-state index contributed by atoms with van der Waals surface area (Å²) in [7, 11) is 0. The number of carboxylic acid groups (broad SMARTS) is 5. The predicted octanol–water partition coefficient (Wildman–Crippen LogP) is 4.28. The van der Waals surface area contributed by atoms with Crippen molar-refractivity contribution in [3.8, 4) is 0 Å². The summed E-state index contributed by atoms with van der Waals surface area (Å²) in [6.45, 7) is 0.616. The number of hydrogen-bond donors (Lipinski definition) is 6. The molecule has 4 aromatic rings. The zero-order valence-corrected chi connectivity index (χ0v) is 34.3. The first-order chi connectivity index (χ1) is 29.2. The lowest BCUT2D eigenvalue weighted by Crippen LogP contribution is -2.56. The molecule has 2 aliphatic rings. The molecule has 4 atom stereocenters. The molecule has 0 radical (unpaired) electrons. The Morgan fingerprint density at radius 2 is 1.00 bits per heavy atom. The summed E-state index contributed by atoms with van der Waals surface area (Å²) in [6, 6.07) is 16.3. The number of nitrogens with one attached hydrogen (secondary N) is 1. The lowest BCUT2D eigenvalue weighted by atomic mass is 9.87. The number of aromatic nitrogens is 3. The van der Waals surface area contributed by atoms with Gasteiger partial charge in [-0.2, -0.15) is 0 Å². The highest BCUT2D eigenvalue weighted by Gasteiger charge is 2.38. The van der Waals surface area contributed by atoms with Gasteiger partial charge in [-0.05, 0) is 56.2 Å². The number of carbonyl (C=O) groups excluding carboxylic acids is 1. The van der Waals surface area contributed by atoms with E-state index < -0.39 is 42.9 Å². The maximum atomic E-state index is 11.8. The molecule has 18 nitrogen and oxygen atoms in total. The van der Waals surface area contributed by atoms with Gasteiger partial charge in [0.2, 0.25) is 0 Å². The van der Waals surface area contributed by atoms with Crippen LogP contribution in [-0.4, -0.2) is 159 Å². The Morgan fingerprint density at radius 3 is 1.48 bits per heavy atom. The molecule has 2 saturated carbocycles. The molecule has 0 aliphatic heterocycles. The van der Waals surface area contributed by atoms with Crippen molar-refractivity contribution < 1.29 is 54.3 Å². The van der Waals surface area contributed by atoms with Gasteiger partial charge in [0.25, 0.3) is 0 Å². The van der Waals surface area contributed by atoms with Crippen molar-refractivity contribution in [2.24, 2.45) is 0 Å². The molecule has 6 rings (SSSR count). The molecule has 2 aromatic heterocycles. The second kappa shape index (κ2) is 23.4. The Kier molecular flexibility index (Phi) is 18.4. The summed E-state index contributed by atoms with van der Waals surface area (Å²) in [5.41, 5.74) is 2.41. The maximum Gasteiger partial charge on any atom is 0.317 e. The standard InChI is InChI=1S/C22H27N3O6.C21H28N4O5.CH4/c26-20(27)12-24(11-17-9-15-5-1-2-6-16(15)10-23-17)18-7-3-4-8-19(18)25(13-21(28)29)14-22(30)31;1-14(26)10-24(12-20(27)28)17-8-4-5-9-18(17)25(13-21(29)30)11-19-22-15-6-2-3-7-16(15)23-19;/h1-2,5-6,9-10,18-19H,3-4,7-8,11-14H2,(H,26,27)(H,28,29)(H,30,31);2-3,6-7,17-18H,4-5,8-13H2,1H3,(H,22,23)(H,27,28)(H,29,30);1H4/t18-,19?;17?,18-;/m00./s1. The van der Waals surface area contributed by atoms with Crippen molar-refractivity contribution in [3.63, 3.8) is 0 Å². The van der Waals surface area contributed by atoms with Gasteiger partial charge in [-0.25, -0.2) is 4.98 Å². The summed E-state index contributed by atoms with van der Waals surface area (Å²) >= 11 is 0. The van der Waals surface area contributed by atoms with E-state index in [0.717, 1.165) is 60.3 Å². The molecular weight excluding hydrogens is 803 g/mol. The fourth-order valence-corrected chi connectivity index (χ4v) is 8.90. The van der Waals surface area contributed by atoms with Crippen LogP contribution < -0.4 is 0 Å². The normalized spacial score (nSPS) is 18.9. The first-order valence-electron chi connectivity index (χ1n) is 20.5. The second-order valence-corrected chi connectivity index (χ2v) is 15.9. The van der Waals surface area contributed by atoms with Gasteiger partial charge in [-0.1, -0.05) is 69.5 Å². The number of ketones is 1. The zero-order valence-electron chi connectivity index (χ0n) is 34.3. The molecule has 62 heavy (non-hydrogen) atoms. The number of carboxylic acids is 5. The topological polar surface area (TPSA) is 258 Å². The molecule has 18 heteroatoms. The van der Waals surface area contributed by atoms with E-state index in [-0.39, 0.29) is 70.1 Å². The minimum Gasteiger partial charge on any atom is -0.480 e. The molecule has 2 fully saturated rings. The van der Waals surface area contributed by atoms with Crippen LogP contribution in [0.15, 0.2) is 60.8 Å². The number of aliphatic carboxylic acids is 5. The van der Waals surface area contributed by atoms with Crippen molar-refractivity contribution in [3.05, 3.63) is 72.3 Å². The van der Waals surface area contributed by atoms with Gasteiger partial charge in [-0.15, -0.1) is 0 Å². The van der Waals surface area contributed by atoms with E-state index in [1.165, 1.54) is 11.8 Å². The average molecular weight is 862 g/mol. The average Bonchev–Trinajstić information content (AvgIpc) is 3.62. The summed E-state index contributed by atoms with van der Waals surface area (Å²) in [5.74, 6) is -4.60. The summed E-state index contributed by atoms with van der Waals surface area (Å²) in [4.78, 5) is 88.2. The minimum absolute atomic E-state index is 0. The molecule has 0 spiro atoms. The molecule has 2 aliphatic carbocycles. The molecule has 6 N–H and O–H groups in total. The number of nitrogens with zero attached hydrogens (tertiary/aromatic N) is 6. The lowest BCUT2D eigenvalue weighted by molar-refractivity contribution is -0.146. The van der Waals surface area contributed by atoms with Crippen LogP contribution in [0.3, 0.4) is 0 Å². The highest BCUT2D eigenvalue weighted by molar-refractivity contribution is 5.82. The molecule has 2 aromatic carbocycles. The number of aromatic amines is 1. The molecule has 2 unspecified atom stereocenters. The Bertz CT molecular complexity index is 2100. The van der Waals surface area contributed by atoms with Crippen LogP contribution in [0.4, 0.5) is 0 Å². The van der Waals surface area contributed by atoms with Gasteiger partial charge in [-0.3, -0.25) is 53.4 Å². The third-order valence-electron chi connectivity index (χ3n) is 11.2. The Labute approximate surface area is 360 Å². The van der Waals surface area contributed by atoms with E-state index >= 15 is 0 Å². The van der Waals surface area contributed by atoms with Crippen molar-refractivity contribution in [1.82, 2.24) is 34.6 Å². The SMILES string of the molecule is C.CC(=O)CN(CC(=O)O)C1CCCC[C@@H]1N(CC(=O)O)Cc1nc2ccccc2[nH]1.O=C(O)CN(CC(=O)O)C1CCCC[C@@H]1N(CC(=O)O)Cc1cc2ccccc2cn1. The highest BCUT2D eigenvalue weighted by Crippen LogP contribution is 2.30. The third-order valence-corrected chi connectivity index (χ3v) is 11.2. The van der Waals surface area contributed by atoms with Crippen LogP contribution in [0.1, 0.15) is 77.2 Å². The quantitative estimate of drug-likeness (QED) is 0.0725. The van der Waals surface area contributed by atoms with Gasteiger partial charge >= 0.3 is 29.8 Å². The number of imidazole rings is 1. The van der Waals surface area contributed by atoms with Gasteiger partial charge in [0.15, 0.2) is 0 Å². The molecule has 336 valence electrons. The largest absolute Gasteiger partial charge is 0.480 e. The smallest absolute Gasteiger partial charge is 0.317 e. The number of benzene rings is 2. The number of H-pyrrole nitrogens is 1. The highest BCUT2D eigenvalue weighted by atomic mass is 16.4. The van der Waals surface area contributed by atoms with Crippen LogP contribution in [0.5, 0.6) is 0 Å². The minimum atomic E-state index is -1.11. The summed E-state index contributed by atoms with van der Waals surface area (Å²) in [6.07, 6.45) is 8.06. The van der Waals surface area contributed by atoms with E-state index in [2.05, 4.69) is 15.0 Å². The predicted molar refractivity (Wildman–Crippen MR) is 229 cm³/mol. The Hall–Kier alpha value is -5.82. The number of hydrogen-bond acceptors (Lipinski definition) is 12. The monoisotopic (exact) mass is 861 g/mol. The van der Waals surface area contributed by atoms with E-state index in [4.69, 9.17) is 0 Å². The van der Waals surface area contributed by atoms with Gasteiger partial charge in [0.1, 0.15) is 11.6 Å². The zero-order chi connectivity index (χ0) is 44.1. The Morgan fingerprint density at radius 1 is 0.581 bits per heavy atom. The fraction of sp³-hybridized carbons (Fsp3) is 0.500. The van der Waals surface area contributed by atoms with Gasteiger partial charge in [0, 0.05) is 42.3 Å². The fourth-order valence-electron chi connectivity index (χ4n) is 8.90. The third kappa shape index (κ3) is 14.4. The summed E-state index contributed by atoms with van der Waals surface area (Å²) < 4.78 is 0. The first-order valence-corrected chi connectivity index (χ1v) is 20.5. The molecule has 0 saturated heterocycles.